The summed E-state index contributed by atoms with van der Waals surface area (Å²) < 4.78 is 15.1. The van der Waals surface area contributed by atoms with E-state index in [1.807, 2.05) is 24.3 Å². The molecule has 0 saturated heterocycles. The van der Waals surface area contributed by atoms with Crippen molar-refractivity contribution in [1.82, 2.24) is 15.4 Å². The number of halogens is 1. The molecule has 0 aliphatic carbocycles. The SMILES string of the molecule is C=C(/C=C\N(C)NCCCC)Nc1ccc2scnc2c1F. The third-order valence-corrected chi connectivity index (χ3v) is 3.92. The van der Waals surface area contributed by atoms with Crippen molar-refractivity contribution >= 4 is 27.2 Å². The highest BCUT2D eigenvalue weighted by molar-refractivity contribution is 7.16. The molecule has 0 atom stereocenters. The van der Waals surface area contributed by atoms with Gasteiger partial charge in [0.25, 0.3) is 0 Å². The summed E-state index contributed by atoms with van der Waals surface area (Å²) >= 11 is 1.42. The summed E-state index contributed by atoms with van der Waals surface area (Å²) in [6.07, 6.45) is 5.92. The maximum atomic E-state index is 14.3. The van der Waals surface area contributed by atoms with Gasteiger partial charge in [0.1, 0.15) is 5.52 Å². The van der Waals surface area contributed by atoms with Crippen molar-refractivity contribution in [1.29, 1.82) is 0 Å². The van der Waals surface area contributed by atoms with Gasteiger partial charge >= 0.3 is 0 Å². The van der Waals surface area contributed by atoms with E-state index in [4.69, 9.17) is 0 Å². The Hall–Kier alpha value is -1.92. The van der Waals surface area contributed by atoms with Crippen molar-refractivity contribution in [2.75, 3.05) is 18.9 Å². The largest absolute Gasteiger partial charge is 0.354 e. The number of unbranched alkanes of at least 4 members (excludes halogenated alkanes) is 1. The van der Waals surface area contributed by atoms with E-state index in [2.05, 4.69) is 29.2 Å². The van der Waals surface area contributed by atoms with Crippen LogP contribution in [0.4, 0.5) is 10.1 Å². The Kier molecular flexibility index (Phi) is 5.91. The number of hydrogen-bond acceptors (Lipinski definition) is 5. The van der Waals surface area contributed by atoms with Gasteiger partial charge in [0, 0.05) is 25.5 Å². The van der Waals surface area contributed by atoms with Crippen LogP contribution >= 0.6 is 11.3 Å². The van der Waals surface area contributed by atoms with E-state index in [9.17, 15) is 4.39 Å². The van der Waals surface area contributed by atoms with Crippen LogP contribution in [0, 0.1) is 5.82 Å². The zero-order chi connectivity index (χ0) is 15.9. The molecule has 2 aromatic rings. The van der Waals surface area contributed by atoms with Gasteiger partial charge in [-0.05, 0) is 24.6 Å². The number of aromatic nitrogens is 1. The second-order valence-corrected chi connectivity index (χ2v) is 5.85. The van der Waals surface area contributed by atoms with Crippen LogP contribution in [0.1, 0.15) is 19.8 Å². The van der Waals surface area contributed by atoms with Gasteiger partial charge in [0.2, 0.25) is 0 Å². The Labute approximate surface area is 134 Å². The molecule has 0 fully saturated rings. The first-order chi connectivity index (χ1) is 10.6. The van der Waals surface area contributed by atoms with Crippen molar-refractivity contribution in [3.8, 4) is 0 Å². The molecular formula is C16H21FN4S. The van der Waals surface area contributed by atoms with E-state index in [-0.39, 0.29) is 5.82 Å². The van der Waals surface area contributed by atoms with Gasteiger partial charge < -0.3 is 10.3 Å². The lowest BCUT2D eigenvalue weighted by Gasteiger charge is -2.15. The molecule has 2 N–H and O–H groups in total. The second kappa shape index (κ2) is 7.91. The summed E-state index contributed by atoms with van der Waals surface area (Å²) in [6.45, 7) is 6.96. The summed E-state index contributed by atoms with van der Waals surface area (Å²) in [7, 11) is 1.92. The number of benzene rings is 1. The number of thiazole rings is 1. The standard InChI is InChI=1S/C16H21FN4S/c1-4-5-9-19-21(3)10-8-12(2)20-13-6-7-14-16(15(13)17)18-11-22-14/h6-8,10-11,19-20H,2,4-5,9H2,1,3H3/b10-8-. The molecule has 4 nitrogen and oxygen atoms in total. The van der Waals surface area contributed by atoms with Crippen molar-refractivity contribution < 1.29 is 4.39 Å². The minimum absolute atomic E-state index is 0.345. The number of nitrogens with zero attached hydrogens (tertiary/aromatic N) is 2. The average Bonchev–Trinajstić information content (AvgIpc) is 2.98. The Balaban J connectivity index is 1.94. The first-order valence-electron chi connectivity index (χ1n) is 7.24. The number of fused-ring (bicyclic) bond motifs is 1. The normalized spacial score (nSPS) is 11.2. The van der Waals surface area contributed by atoms with Crippen LogP contribution in [0.3, 0.4) is 0 Å². The van der Waals surface area contributed by atoms with Crippen molar-refractivity contribution in [3.63, 3.8) is 0 Å². The van der Waals surface area contributed by atoms with Crippen LogP contribution in [0.5, 0.6) is 0 Å². The van der Waals surface area contributed by atoms with Crippen molar-refractivity contribution in [3.05, 3.63) is 48.0 Å². The van der Waals surface area contributed by atoms with E-state index in [0.717, 1.165) is 24.1 Å². The predicted molar refractivity (Wildman–Crippen MR) is 92.2 cm³/mol. The molecule has 2 rings (SSSR count). The highest BCUT2D eigenvalue weighted by Crippen LogP contribution is 2.26. The summed E-state index contributed by atoms with van der Waals surface area (Å²) in [6, 6.07) is 3.56. The predicted octanol–water partition coefficient (Wildman–Crippen LogP) is 4.11. The molecule has 118 valence electrons. The molecule has 1 heterocycles. The molecule has 0 bridgehead atoms. The lowest BCUT2D eigenvalue weighted by molar-refractivity contribution is 0.324. The fourth-order valence-corrected chi connectivity index (χ4v) is 2.57. The molecule has 0 spiro atoms. The van der Waals surface area contributed by atoms with Gasteiger partial charge in [-0.2, -0.15) is 0 Å². The number of rotatable bonds is 8. The van der Waals surface area contributed by atoms with E-state index in [0.29, 0.717) is 16.9 Å². The minimum Gasteiger partial charge on any atom is -0.354 e. The van der Waals surface area contributed by atoms with Crippen LogP contribution in [0.15, 0.2) is 42.2 Å². The average molecular weight is 320 g/mol. The molecule has 1 aromatic heterocycles. The Morgan fingerprint density at radius 3 is 3.09 bits per heavy atom. The third-order valence-electron chi connectivity index (χ3n) is 3.13. The Morgan fingerprint density at radius 2 is 2.32 bits per heavy atom. The number of anilines is 1. The maximum absolute atomic E-state index is 14.3. The topological polar surface area (TPSA) is 40.2 Å². The summed E-state index contributed by atoms with van der Waals surface area (Å²) in [5, 5.41) is 4.83. The zero-order valence-electron chi connectivity index (χ0n) is 12.9. The molecule has 0 aliphatic heterocycles. The molecule has 0 unspecified atom stereocenters. The number of nitrogens with one attached hydrogen (secondary N) is 2. The van der Waals surface area contributed by atoms with Crippen molar-refractivity contribution in [2.24, 2.45) is 0 Å². The monoisotopic (exact) mass is 320 g/mol. The molecular weight excluding hydrogens is 299 g/mol. The summed E-state index contributed by atoms with van der Waals surface area (Å²) in [4.78, 5) is 4.04. The van der Waals surface area contributed by atoms with Gasteiger partial charge in [0.05, 0.1) is 15.9 Å². The summed E-state index contributed by atoms with van der Waals surface area (Å²) in [5.41, 5.74) is 6.26. The number of hydrazine groups is 1. The van der Waals surface area contributed by atoms with Gasteiger partial charge in [-0.25, -0.2) is 14.8 Å². The lowest BCUT2D eigenvalue weighted by atomic mass is 10.2. The molecule has 1 aromatic carbocycles. The van der Waals surface area contributed by atoms with Crippen LogP contribution in [0.2, 0.25) is 0 Å². The van der Waals surface area contributed by atoms with Gasteiger partial charge in [-0.3, -0.25) is 0 Å². The highest BCUT2D eigenvalue weighted by Gasteiger charge is 2.09. The van der Waals surface area contributed by atoms with Crippen LogP contribution in [-0.2, 0) is 0 Å². The Morgan fingerprint density at radius 1 is 1.50 bits per heavy atom. The smallest absolute Gasteiger partial charge is 0.173 e. The number of allylic oxidation sites excluding steroid dienone is 1. The second-order valence-electron chi connectivity index (χ2n) is 4.96. The van der Waals surface area contributed by atoms with Crippen LogP contribution in [-0.4, -0.2) is 23.6 Å². The quantitative estimate of drug-likeness (QED) is 0.436. The zero-order valence-corrected chi connectivity index (χ0v) is 13.7. The summed E-state index contributed by atoms with van der Waals surface area (Å²) in [5.74, 6) is -0.345. The van der Waals surface area contributed by atoms with E-state index >= 15 is 0 Å². The molecule has 0 saturated carbocycles. The first kappa shape index (κ1) is 16.5. The van der Waals surface area contributed by atoms with Crippen LogP contribution in [0.25, 0.3) is 10.2 Å². The van der Waals surface area contributed by atoms with Crippen LogP contribution < -0.4 is 10.7 Å². The number of hydrogen-bond donors (Lipinski definition) is 2. The van der Waals surface area contributed by atoms with Gasteiger partial charge in [-0.1, -0.05) is 19.9 Å². The van der Waals surface area contributed by atoms with Gasteiger partial charge in [0.15, 0.2) is 5.82 Å². The lowest BCUT2D eigenvalue weighted by Crippen LogP contribution is -2.30. The fraction of sp³-hybridized carbons (Fsp3) is 0.312. The fourth-order valence-electron chi connectivity index (χ4n) is 1.90. The molecule has 0 aliphatic rings. The maximum Gasteiger partial charge on any atom is 0.173 e. The molecule has 0 amide bonds. The van der Waals surface area contributed by atoms with E-state index in [1.54, 1.807) is 17.7 Å². The molecule has 22 heavy (non-hydrogen) atoms. The van der Waals surface area contributed by atoms with E-state index < -0.39 is 0 Å². The van der Waals surface area contributed by atoms with E-state index in [1.165, 1.54) is 11.3 Å². The highest BCUT2D eigenvalue weighted by atomic mass is 32.1. The minimum atomic E-state index is -0.345. The first-order valence-corrected chi connectivity index (χ1v) is 8.12. The third kappa shape index (κ3) is 4.29. The van der Waals surface area contributed by atoms with Gasteiger partial charge in [-0.15, -0.1) is 11.3 Å². The van der Waals surface area contributed by atoms with Crippen molar-refractivity contribution in [2.45, 2.75) is 19.8 Å². The Bertz CT molecular complexity index is 665. The molecule has 6 heteroatoms. The molecule has 0 radical (unpaired) electrons.